The monoisotopic (exact) mass is 279 g/mol. The van der Waals surface area contributed by atoms with Gasteiger partial charge in [0.1, 0.15) is 0 Å². The van der Waals surface area contributed by atoms with E-state index in [1.54, 1.807) is 10.7 Å². The quantitative estimate of drug-likeness (QED) is 0.795. The topological polar surface area (TPSA) is 50.1 Å². The zero-order chi connectivity index (χ0) is 13.7. The van der Waals surface area contributed by atoms with Crippen molar-refractivity contribution in [1.82, 2.24) is 15.1 Å². The van der Waals surface area contributed by atoms with E-state index in [2.05, 4.69) is 10.4 Å². The molecule has 4 nitrogen and oxygen atoms in total. The number of benzene rings is 1. The summed E-state index contributed by atoms with van der Waals surface area (Å²) in [6.45, 7) is 1.26. The molecular weight excluding hydrogens is 262 g/mol. The third kappa shape index (κ3) is 4.06. The number of aliphatic hydroxyl groups is 1. The first kappa shape index (κ1) is 14.1. The maximum Gasteiger partial charge on any atom is 0.0928 e. The molecule has 2 N–H and O–H groups in total. The Labute approximate surface area is 118 Å². The van der Waals surface area contributed by atoms with E-state index < -0.39 is 6.10 Å². The van der Waals surface area contributed by atoms with Crippen molar-refractivity contribution < 1.29 is 5.11 Å². The Hall–Kier alpha value is -1.36. The van der Waals surface area contributed by atoms with Gasteiger partial charge in [-0.3, -0.25) is 4.68 Å². The molecule has 1 unspecified atom stereocenters. The van der Waals surface area contributed by atoms with Crippen LogP contribution in [-0.2, 0) is 13.5 Å². The Morgan fingerprint density at radius 3 is 2.84 bits per heavy atom. The van der Waals surface area contributed by atoms with E-state index in [4.69, 9.17) is 11.6 Å². The number of hydrogen-bond acceptors (Lipinski definition) is 3. The fourth-order valence-electron chi connectivity index (χ4n) is 1.91. The Morgan fingerprint density at radius 2 is 2.16 bits per heavy atom. The van der Waals surface area contributed by atoms with Crippen molar-refractivity contribution in [3.05, 3.63) is 52.8 Å². The van der Waals surface area contributed by atoms with Crippen molar-refractivity contribution in [3.8, 4) is 0 Å². The molecule has 0 saturated heterocycles. The lowest BCUT2D eigenvalue weighted by Gasteiger charge is -2.13. The molecule has 0 bridgehead atoms. The number of aryl methyl sites for hydroxylation is 1. The summed E-state index contributed by atoms with van der Waals surface area (Å²) in [7, 11) is 1.90. The van der Waals surface area contributed by atoms with E-state index >= 15 is 0 Å². The van der Waals surface area contributed by atoms with Crippen LogP contribution in [-0.4, -0.2) is 28.0 Å². The predicted octanol–water partition coefficient (Wildman–Crippen LogP) is 1.94. The van der Waals surface area contributed by atoms with E-state index in [-0.39, 0.29) is 0 Å². The molecule has 19 heavy (non-hydrogen) atoms. The first-order valence-electron chi connectivity index (χ1n) is 6.28. The van der Waals surface area contributed by atoms with Crippen molar-refractivity contribution in [1.29, 1.82) is 0 Å². The second-order valence-corrected chi connectivity index (χ2v) is 4.88. The van der Waals surface area contributed by atoms with E-state index in [0.717, 1.165) is 24.2 Å². The van der Waals surface area contributed by atoms with Crippen molar-refractivity contribution in [2.75, 3.05) is 13.1 Å². The van der Waals surface area contributed by atoms with E-state index in [9.17, 15) is 5.11 Å². The Balaban J connectivity index is 1.75. The molecule has 102 valence electrons. The molecule has 1 aromatic heterocycles. The fourth-order valence-corrected chi connectivity index (χ4v) is 2.17. The lowest BCUT2D eigenvalue weighted by Crippen LogP contribution is -2.24. The summed E-state index contributed by atoms with van der Waals surface area (Å²) in [5.41, 5.74) is 1.80. The van der Waals surface area contributed by atoms with Gasteiger partial charge in [0, 0.05) is 43.3 Å². The molecule has 2 aromatic rings. The summed E-state index contributed by atoms with van der Waals surface area (Å²) in [6.07, 6.45) is 2.18. The Morgan fingerprint density at radius 1 is 1.37 bits per heavy atom. The third-order valence-corrected chi connectivity index (χ3v) is 3.27. The van der Waals surface area contributed by atoms with Gasteiger partial charge in [-0.05, 0) is 12.1 Å². The Bertz CT molecular complexity index is 527. The normalized spacial score (nSPS) is 12.6. The molecular formula is C14H18ClN3O. The number of nitrogens with zero attached hydrogens (tertiary/aromatic N) is 2. The standard InChI is InChI=1S/C14H18ClN3O/c1-18-9-7-11(17-18)6-8-16-10-14(19)12-4-2-3-5-13(12)15/h2-5,7,9,14,16,19H,6,8,10H2,1H3. The summed E-state index contributed by atoms with van der Waals surface area (Å²) in [5, 5.41) is 18.1. The van der Waals surface area contributed by atoms with Crippen molar-refractivity contribution >= 4 is 11.6 Å². The van der Waals surface area contributed by atoms with Gasteiger partial charge in [0.15, 0.2) is 0 Å². The number of aromatic nitrogens is 2. The molecule has 2 rings (SSSR count). The van der Waals surface area contributed by atoms with Gasteiger partial charge in [-0.25, -0.2) is 0 Å². The van der Waals surface area contributed by atoms with E-state index in [1.807, 2.05) is 37.5 Å². The molecule has 1 aromatic carbocycles. The van der Waals surface area contributed by atoms with Gasteiger partial charge in [-0.15, -0.1) is 0 Å². The van der Waals surface area contributed by atoms with Crippen LogP contribution in [0.25, 0.3) is 0 Å². The maximum absolute atomic E-state index is 10.0. The van der Waals surface area contributed by atoms with Crippen LogP contribution < -0.4 is 5.32 Å². The van der Waals surface area contributed by atoms with Gasteiger partial charge in [0.05, 0.1) is 11.8 Å². The number of rotatable bonds is 6. The molecule has 0 aliphatic rings. The van der Waals surface area contributed by atoms with Crippen LogP contribution in [0.2, 0.25) is 5.02 Å². The smallest absolute Gasteiger partial charge is 0.0928 e. The highest BCUT2D eigenvalue weighted by atomic mass is 35.5. The molecule has 0 aliphatic carbocycles. The predicted molar refractivity (Wildman–Crippen MR) is 76.2 cm³/mol. The van der Waals surface area contributed by atoms with Crippen LogP contribution in [0.4, 0.5) is 0 Å². The SMILES string of the molecule is Cn1ccc(CCNCC(O)c2ccccc2Cl)n1. The number of nitrogens with one attached hydrogen (secondary N) is 1. The highest BCUT2D eigenvalue weighted by Gasteiger charge is 2.10. The third-order valence-electron chi connectivity index (χ3n) is 2.93. The molecule has 1 heterocycles. The second kappa shape index (κ2) is 6.70. The van der Waals surface area contributed by atoms with Crippen LogP contribution in [0.1, 0.15) is 17.4 Å². The number of hydrogen-bond donors (Lipinski definition) is 2. The molecule has 0 spiro atoms. The molecule has 1 atom stereocenters. The largest absolute Gasteiger partial charge is 0.387 e. The highest BCUT2D eigenvalue weighted by Crippen LogP contribution is 2.21. The summed E-state index contributed by atoms with van der Waals surface area (Å²) >= 11 is 6.03. The highest BCUT2D eigenvalue weighted by molar-refractivity contribution is 6.31. The van der Waals surface area contributed by atoms with Crippen molar-refractivity contribution in [3.63, 3.8) is 0 Å². The zero-order valence-corrected chi connectivity index (χ0v) is 11.6. The summed E-state index contributed by atoms with van der Waals surface area (Å²) < 4.78 is 1.79. The minimum Gasteiger partial charge on any atom is -0.387 e. The Kier molecular flexibility index (Phi) is 4.96. The molecule has 0 radical (unpaired) electrons. The molecule has 0 aliphatic heterocycles. The van der Waals surface area contributed by atoms with Gasteiger partial charge < -0.3 is 10.4 Å². The number of aliphatic hydroxyl groups excluding tert-OH is 1. The zero-order valence-electron chi connectivity index (χ0n) is 10.9. The number of halogens is 1. The first-order chi connectivity index (χ1) is 9.16. The van der Waals surface area contributed by atoms with Crippen LogP contribution >= 0.6 is 11.6 Å². The summed E-state index contributed by atoms with van der Waals surface area (Å²) in [6, 6.07) is 9.35. The van der Waals surface area contributed by atoms with Crippen LogP contribution in [0.3, 0.4) is 0 Å². The summed E-state index contributed by atoms with van der Waals surface area (Å²) in [4.78, 5) is 0. The maximum atomic E-state index is 10.0. The van der Waals surface area contributed by atoms with Crippen LogP contribution in [0, 0.1) is 0 Å². The molecule has 5 heteroatoms. The minimum absolute atomic E-state index is 0.483. The van der Waals surface area contributed by atoms with Gasteiger partial charge in [-0.2, -0.15) is 5.10 Å². The fraction of sp³-hybridized carbons (Fsp3) is 0.357. The molecule has 0 saturated carbocycles. The van der Waals surface area contributed by atoms with E-state index in [0.29, 0.717) is 11.6 Å². The molecule has 0 fully saturated rings. The van der Waals surface area contributed by atoms with Crippen molar-refractivity contribution in [2.24, 2.45) is 7.05 Å². The van der Waals surface area contributed by atoms with Gasteiger partial charge >= 0.3 is 0 Å². The second-order valence-electron chi connectivity index (χ2n) is 4.47. The minimum atomic E-state index is -0.586. The average Bonchev–Trinajstić information content (AvgIpc) is 2.81. The van der Waals surface area contributed by atoms with Crippen LogP contribution in [0.5, 0.6) is 0 Å². The first-order valence-corrected chi connectivity index (χ1v) is 6.66. The van der Waals surface area contributed by atoms with Gasteiger partial charge in [0.2, 0.25) is 0 Å². The lowest BCUT2D eigenvalue weighted by molar-refractivity contribution is 0.175. The van der Waals surface area contributed by atoms with Crippen LogP contribution in [0.15, 0.2) is 36.5 Å². The van der Waals surface area contributed by atoms with Gasteiger partial charge in [0.25, 0.3) is 0 Å². The lowest BCUT2D eigenvalue weighted by atomic mass is 10.1. The van der Waals surface area contributed by atoms with Crippen molar-refractivity contribution in [2.45, 2.75) is 12.5 Å². The summed E-state index contributed by atoms with van der Waals surface area (Å²) in [5.74, 6) is 0. The van der Waals surface area contributed by atoms with Gasteiger partial charge in [-0.1, -0.05) is 29.8 Å². The average molecular weight is 280 g/mol. The van der Waals surface area contributed by atoms with E-state index in [1.165, 1.54) is 0 Å². The molecule has 0 amide bonds.